The maximum atomic E-state index is 13.5. The molecule has 1 aliphatic heterocycles. The normalized spacial score (nSPS) is 21.0. The molecule has 1 aromatic heterocycles. The molecule has 1 aliphatic carbocycles. The average Bonchev–Trinajstić information content (AvgIpc) is 3.35. The van der Waals surface area contributed by atoms with Gasteiger partial charge < -0.3 is 14.5 Å². The van der Waals surface area contributed by atoms with Gasteiger partial charge in [-0.15, -0.1) is 0 Å². The number of hydrogen-bond donors (Lipinski definition) is 1. The predicted octanol–water partition coefficient (Wildman–Crippen LogP) is 3.41. The van der Waals surface area contributed by atoms with Crippen molar-refractivity contribution < 1.29 is 18.7 Å². The predicted molar refractivity (Wildman–Crippen MR) is 103 cm³/mol. The molecule has 28 heavy (non-hydrogen) atoms. The number of benzene rings is 1. The lowest BCUT2D eigenvalue weighted by Crippen LogP contribution is -2.56. The van der Waals surface area contributed by atoms with E-state index in [0.717, 1.165) is 37.7 Å². The summed E-state index contributed by atoms with van der Waals surface area (Å²) in [5.41, 5.74) is 0.853. The van der Waals surface area contributed by atoms with Crippen molar-refractivity contribution in [1.82, 2.24) is 10.2 Å². The molecule has 1 N–H and O–H groups in total. The van der Waals surface area contributed by atoms with Gasteiger partial charge in [0.25, 0.3) is 5.91 Å². The van der Waals surface area contributed by atoms with Crippen LogP contribution in [0.15, 0.2) is 47.1 Å². The van der Waals surface area contributed by atoms with Crippen LogP contribution in [0.4, 0.5) is 0 Å². The van der Waals surface area contributed by atoms with E-state index in [1.165, 1.54) is 0 Å². The Bertz CT molecular complexity index is 840. The molecule has 0 unspecified atom stereocenters. The number of nitrogens with one attached hydrogen (secondary N) is 1. The van der Waals surface area contributed by atoms with E-state index >= 15 is 0 Å². The first-order chi connectivity index (χ1) is 13.6. The third-order valence-corrected chi connectivity index (χ3v) is 5.81. The molecule has 1 saturated carbocycles. The lowest BCUT2D eigenvalue weighted by atomic mass is 9.89. The molecule has 2 amide bonds. The zero-order valence-corrected chi connectivity index (χ0v) is 16.1. The molecule has 1 spiro atoms. The molecule has 6 heteroatoms. The van der Waals surface area contributed by atoms with Gasteiger partial charge in [0.05, 0.1) is 19.4 Å². The minimum absolute atomic E-state index is 0.129. The third kappa shape index (κ3) is 3.44. The molecule has 1 aromatic carbocycles. The van der Waals surface area contributed by atoms with E-state index in [4.69, 9.17) is 9.15 Å². The van der Waals surface area contributed by atoms with Gasteiger partial charge in [0.2, 0.25) is 5.91 Å². The largest absolute Gasteiger partial charge is 0.467 e. The highest BCUT2D eigenvalue weighted by atomic mass is 16.5. The number of nitrogens with zero attached hydrogens (tertiary/aromatic N) is 1. The molecule has 1 saturated heterocycles. The monoisotopic (exact) mass is 382 g/mol. The van der Waals surface area contributed by atoms with Gasteiger partial charge in [-0.05, 0) is 56.4 Å². The van der Waals surface area contributed by atoms with Gasteiger partial charge in [0, 0.05) is 5.56 Å². The first kappa shape index (κ1) is 18.7. The Morgan fingerprint density at radius 2 is 1.93 bits per heavy atom. The van der Waals surface area contributed by atoms with E-state index in [0.29, 0.717) is 17.9 Å². The summed E-state index contributed by atoms with van der Waals surface area (Å²) in [4.78, 5) is 28.2. The number of furan rings is 1. The van der Waals surface area contributed by atoms with Crippen LogP contribution in [0.3, 0.4) is 0 Å². The molecule has 2 aromatic rings. The molecule has 2 heterocycles. The van der Waals surface area contributed by atoms with Gasteiger partial charge in [-0.2, -0.15) is 0 Å². The van der Waals surface area contributed by atoms with Crippen LogP contribution in [0.5, 0.6) is 0 Å². The van der Waals surface area contributed by atoms with Crippen LogP contribution < -0.4 is 5.32 Å². The topological polar surface area (TPSA) is 71.8 Å². The SMILES string of the molecule is Cc1ccccc1C(=O)N1[C@@H](C(=O)NCc2ccco2)COC12CCCCC2. The van der Waals surface area contributed by atoms with Crippen molar-refractivity contribution in [2.45, 2.75) is 57.3 Å². The number of amides is 2. The van der Waals surface area contributed by atoms with Crippen LogP contribution in [0.25, 0.3) is 0 Å². The van der Waals surface area contributed by atoms with Crippen molar-refractivity contribution in [2.24, 2.45) is 0 Å². The molecule has 2 aliphatic rings. The number of aryl methyl sites for hydroxylation is 1. The summed E-state index contributed by atoms with van der Waals surface area (Å²) in [6, 6.07) is 10.5. The Labute approximate surface area is 164 Å². The number of rotatable bonds is 4. The van der Waals surface area contributed by atoms with E-state index < -0.39 is 11.8 Å². The van der Waals surface area contributed by atoms with Crippen molar-refractivity contribution in [3.8, 4) is 0 Å². The van der Waals surface area contributed by atoms with Gasteiger partial charge >= 0.3 is 0 Å². The summed E-state index contributed by atoms with van der Waals surface area (Å²) in [5, 5.41) is 2.89. The van der Waals surface area contributed by atoms with Gasteiger partial charge in [0.1, 0.15) is 17.5 Å². The molecular weight excluding hydrogens is 356 g/mol. The summed E-state index contributed by atoms with van der Waals surface area (Å²) >= 11 is 0. The molecule has 2 fully saturated rings. The van der Waals surface area contributed by atoms with Gasteiger partial charge in [-0.3, -0.25) is 14.5 Å². The van der Waals surface area contributed by atoms with Gasteiger partial charge in [0.15, 0.2) is 0 Å². The molecule has 4 rings (SSSR count). The highest BCUT2D eigenvalue weighted by Crippen LogP contribution is 2.41. The number of carbonyl (C=O) groups excluding carboxylic acids is 2. The summed E-state index contributed by atoms with van der Waals surface area (Å²) in [6.45, 7) is 2.44. The second-order valence-electron chi connectivity index (χ2n) is 7.62. The highest BCUT2D eigenvalue weighted by molar-refractivity contribution is 5.99. The minimum atomic E-state index is -0.676. The summed E-state index contributed by atoms with van der Waals surface area (Å²) in [5.74, 6) is 0.341. The van der Waals surface area contributed by atoms with Crippen molar-refractivity contribution in [1.29, 1.82) is 0 Å². The van der Waals surface area contributed by atoms with Gasteiger partial charge in [-0.1, -0.05) is 24.6 Å². The first-order valence-corrected chi connectivity index (χ1v) is 9.94. The Morgan fingerprint density at radius 1 is 1.14 bits per heavy atom. The molecule has 1 atom stereocenters. The fourth-order valence-electron chi connectivity index (χ4n) is 4.32. The number of hydrogen-bond acceptors (Lipinski definition) is 4. The zero-order chi connectivity index (χ0) is 19.6. The van der Waals surface area contributed by atoms with E-state index in [1.807, 2.05) is 37.3 Å². The van der Waals surface area contributed by atoms with Crippen LogP contribution in [-0.2, 0) is 16.1 Å². The third-order valence-electron chi connectivity index (χ3n) is 5.81. The second kappa shape index (κ2) is 7.80. The highest BCUT2D eigenvalue weighted by Gasteiger charge is 2.53. The van der Waals surface area contributed by atoms with E-state index in [-0.39, 0.29) is 18.4 Å². The Balaban J connectivity index is 1.60. The standard InChI is InChI=1S/C22H26N2O4/c1-16-8-3-4-10-18(16)21(26)24-19(15-28-22(24)11-5-2-6-12-22)20(25)23-14-17-9-7-13-27-17/h3-4,7-10,13,19H,2,5-6,11-12,14-15H2,1H3,(H,23,25)/t19-/m1/s1. The molecule has 0 bridgehead atoms. The van der Waals surface area contributed by atoms with Crippen molar-refractivity contribution in [3.05, 3.63) is 59.5 Å². The minimum Gasteiger partial charge on any atom is -0.467 e. The van der Waals surface area contributed by atoms with Crippen LogP contribution in [-0.4, -0.2) is 35.1 Å². The molecule has 148 valence electrons. The number of ether oxygens (including phenoxy) is 1. The Kier molecular flexibility index (Phi) is 5.22. The van der Waals surface area contributed by atoms with E-state index in [1.54, 1.807) is 17.2 Å². The lowest BCUT2D eigenvalue weighted by Gasteiger charge is -2.41. The van der Waals surface area contributed by atoms with Crippen molar-refractivity contribution in [3.63, 3.8) is 0 Å². The fraction of sp³-hybridized carbons (Fsp3) is 0.455. The Hall–Kier alpha value is -2.60. The smallest absolute Gasteiger partial charge is 0.257 e. The Morgan fingerprint density at radius 3 is 2.64 bits per heavy atom. The second-order valence-corrected chi connectivity index (χ2v) is 7.62. The maximum absolute atomic E-state index is 13.5. The fourth-order valence-corrected chi connectivity index (χ4v) is 4.32. The van der Waals surface area contributed by atoms with Crippen LogP contribution in [0.2, 0.25) is 0 Å². The van der Waals surface area contributed by atoms with Crippen molar-refractivity contribution in [2.75, 3.05) is 6.61 Å². The molecular formula is C22H26N2O4. The van der Waals surface area contributed by atoms with Crippen LogP contribution in [0.1, 0.15) is 53.8 Å². The van der Waals surface area contributed by atoms with Crippen LogP contribution >= 0.6 is 0 Å². The first-order valence-electron chi connectivity index (χ1n) is 9.94. The maximum Gasteiger partial charge on any atom is 0.257 e. The van der Waals surface area contributed by atoms with Crippen LogP contribution in [0, 0.1) is 6.92 Å². The van der Waals surface area contributed by atoms with E-state index in [2.05, 4.69) is 5.32 Å². The average molecular weight is 382 g/mol. The molecule has 0 radical (unpaired) electrons. The van der Waals surface area contributed by atoms with Crippen molar-refractivity contribution >= 4 is 11.8 Å². The lowest BCUT2D eigenvalue weighted by molar-refractivity contribution is -0.127. The summed E-state index contributed by atoms with van der Waals surface area (Å²) in [6.07, 6.45) is 6.24. The molecule has 6 nitrogen and oxygen atoms in total. The summed E-state index contributed by atoms with van der Waals surface area (Å²) < 4.78 is 11.5. The zero-order valence-electron chi connectivity index (χ0n) is 16.1. The number of carbonyl (C=O) groups is 2. The van der Waals surface area contributed by atoms with E-state index in [9.17, 15) is 9.59 Å². The van der Waals surface area contributed by atoms with Gasteiger partial charge in [-0.25, -0.2) is 0 Å². The quantitative estimate of drug-likeness (QED) is 0.880. The summed E-state index contributed by atoms with van der Waals surface area (Å²) in [7, 11) is 0.